The van der Waals surface area contributed by atoms with Gasteiger partial charge in [-0.15, -0.1) is 6.58 Å². The molecule has 1 aromatic carbocycles. The van der Waals surface area contributed by atoms with E-state index in [1.807, 2.05) is 23.1 Å². The molecule has 2 fully saturated rings. The molecule has 1 aromatic rings. The molecule has 2 N–H and O–H groups in total. The van der Waals surface area contributed by atoms with Gasteiger partial charge in [-0.3, -0.25) is 9.69 Å². The van der Waals surface area contributed by atoms with E-state index in [1.165, 1.54) is 5.56 Å². The van der Waals surface area contributed by atoms with E-state index >= 15 is 0 Å². The quantitative estimate of drug-likeness (QED) is 0.694. The van der Waals surface area contributed by atoms with Gasteiger partial charge in [-0.1, -0.05) is 36.4 Å². The number of amides is 3. The molecule has 0 saturated carbocycles. The minimum Gasteiger partial charge on any atom is -0.355 e. The van der Waals surface area contributed by atoms with Crippen LogP contribution in [0.25, 0.3) is 0 Å². The largest absolute Gasteiger partial charge is 0.355 e. The van der Waals surface area contributed by atoms with Crippen molar-refractivity contribution in [3.63, 3.8) is 0 Å². The van der Waals surface area contributed by atoms with Gasteiger partial charge in [0.2, 0.25) is 5.91 Å². The van der Waals surface area contributed by atoms with Gasteiger partial charge in [0.15, 0.2) is 0 Å². The zero-order valence-corrected chi connectivity index (χ0v) is 17.3. The second-order valence-corrected chi connectivity index (χ2v) is 8.05. The van der Waals surface area contributed by atoms with Crippen LogP contribution in [0.5, 0.6) is 0 Å². The number of benzene rings is 1. The molecule has 0 aliphatic carbocycles. The summed E-state index contributed by atoms with van der Waals surface area (Å²) in [4.78, 5) is 29.1. The number of carbonyl (C=O) groups is 2. The minimum atomic E-state index is -0.00216. The molecule has 29 heavy (non-hydrogen) atoms. The summed E-state index contributed by atoms with van der Waals surface area (Å²) >= 11 is 0. The molecule has 0 bridgehead atoms. The maximum atomic E-state index is 12.7. The normalized spacial score (nSPS) is 20.8. The van der Waals surface area contributed by atoms with Crippen molar-refractivity contribution in [3.8, 4) is 0 Å². The van der Waals surface area contributed by atoms with Crippen LogP contribution in [0.3, 0.4) is 0 Å². The molecule has 3 amide bonds. The van der Waals surface area contributed by atoms with Crippen LogP contribution in [0.4, 0.5) is 4.79 Å². The lowest BCUT2D eigenvalue weighted by molar-refractivity contribution is -0.127. The third-order valence-corrected chi connectivity index (χ3v) is 6.05. The summed E-state index contributed by atoms with van der Waals surface area (Å²) in [6, 6.07) is 10.7. The highest BCUT2D eigenvalue weighted by atomic mass is 16.2. The van der Waals surface area contributed by atoms with Gasteiger partial charge in [0.05, 0.1) is 5.92 Å². The van der Waals surface area contributed by atoms with Gasteiger partial charge < -0.3 is 15.5 Å². The topological polar surface area (TPSA) is 64.7 Å². The molecule has 2 heterocycles. The first kappa shape index (κ1) is 21.4. The van der Waals surface area contributed by atoms with E-state index in [1.54, 1.807) is 6.08 Å². The standard InChI is InChI=1S/C23H34N4O2/c1-2-13-25-23(29)26-16-11-21(12-17-26)27-15-6-9-20(18-27)22(28)24-14-10-19-7-4-3-5-8-19/h2-5,7-8,20-21H,1,6,9-18H2,(H,24,28)(H,25,29)/t20-/m1/s1. The van der Waals surface area contributed by atoms with Gasteiger partial charge in [-0.05, 0) is 44.2 Å². The van der Waals surface area contributed by atoms with Crippen LogP contribution >= 0.6 is 0 Å². The average Bonchev–Trinajstić information content (AvgIpc) is 2.78. The predicted octanol–water partition coefficient (Wildman–Crippen LogP) is 2.42. The van der Waals surface area contributed by atoms with Gasteiger partial charge in [0, 0.05) is 38.8 Å². The molecule has 0 radical (unpaired) electrons. The Labute approximate surface area is 174 Å². The van der Waals surface area contributed by atoms with Crippen molar-refractivity contribution in [2.75, 3.05) is 39.3 Å². The van der Waals surface area contributed by atoms with Gasteiger partial charge >= 0.3 is 6.03 Å². The number of nitrogens with one attached hydrogen (secondary N) is 2. The number of hydrogen-bond acceptors (Lipinski definition) is 3. The fraction of sp³-hybridized carbons (Fsp3) is 0.565. The molecular formula is C23H34N4O2. The summed E-state index contributed by atoms with van der Waals surface area (Å²) in [5.41, 5.74) is 1.25. The number of rotatable bonds is 7. The lowest BCUT2D eigenvalue weighted by Crippen LogP contribution is -2.52. The summed E-state index contributed by atoms with van der Waals surface area (Å²) in [5, 5.41) is 5.98. The number of urea groups is 1. The van der Waals surface area contributed by atoms with Crippen molar-refractivity contribution < 1.29 is 9.59 Å². The van der Waals surface area contributed by atoms with Crippen LogP contribution < -0.4 is 10.6 Å². The van der Waals surface area contributed by atoms with Crippen molar-refractivity contribution >= 4 is 11.9 Å². The summed E-state index contributed by atoms with van der Waals surface area (Å²) < 4.78 is 0. The molecule has 0 aromatic heterocycles. The van der Waals surface area contributed by atoms with Gasteiger partial charge in [-0.2, -0.15) is 0 Å². The van der Waals surface area contributed by atoms with Crippen molar-refractivity contribution in [2.45, 2.75) is 38.1 Å². The number of carbonyl (C=O) groups excluding carboxylic acids is 2. The average molecular weight is 399 g/mol. The molecule has 0 spiro atoms. The Morgan fingerprint density at radius 1 is 1.07 bits per heavy atom. The van der Waals surface area contributed by atoms with Gasteiger partial charge in [0.1, 0.15) is 0 Å². The lowest BCUT2D eigenvalue weighted by atomic mass is 9.93. The highest BCUT2D eigenvalue weighted by molar-refractivity contribution is 5.79. The van der Waals surface area contributed by atoms with Crippen molar-refractivity contribution in [3.05, 3.63) is 48.6 Å². The molecule has 6 heteroatoms. The molecule has 158 valence electrons. The maximum absolute atomic E-state index is 12.7. The van der Waals surface area contributed by atoms with Crippen molar-refractivity contribution in [1.82, 2.24) is 20.4 Å². The Kier molecular flexibility index (Phi) is 8.11. The first-order valence-corrected chi connectivity index (χ1v) is 10.9. The smallest absolute Gasteiger partial charge is 0.317 e. The molecule has 6 nitrogen and oxygen atoms in total. The Balaban J connectivity index is 1.40. The zero-order chi connectivity index (χ0) is 20.5. The molecule has 0 unspecified atom stereocenters. The Morgan fingerprint density at radius 3 is 2.55 bits per heavy atom. The number of piperidine rings is 2. The Hall–Kier alpha value is -2.34. The van der Waals surface area contributed by atoms with E-state index in [9.17, 15) is 9.59 Å². The predicted molar refractivity (Wildman–Crippen MR) is 116 cm³/mol. The fourth-order valence-electron chi connectivity index (χ4n) is 4.38. The molecule has 2 aliphatic rings. The van der Waals surface area contributed by atoms with E-state index in [2.05, 4.69) is 34.2 Å². The number of hydrogen-bond donors (Lipinski definition) is 2. The summed E-state index contributed by atoms with van der Waals surface area (Å²) in [6.45, 7) is 8.28. The van der Waals surface area contributed by atoms with Crippen LogP contribution in [-0.4, -0.2) is 67.0 Å². The van der Waals surface area contributed by atoms with Crippen LogP contribution in [0.15, 0.2) is 43.0 Å². The van der Waals surface area contributed by atoms with Gasteiger partial charge in [0.25, 0.3) is 0 Å². The van der Waals surface area contributed by atoms with E-state index in [4.69, 9.17) is 0 Å². The first-order chi connectivity index (χ1) is 14.2. The summed E-state index contributed by atoms with van der Waals surface area (Å²) in [5.74, 6) is 0.264. The molecular weight excluding hydrogens is 364 g/mol. The minimum absolute atomic E-state index is 0.00216. The summed E-state index contributed by atoms with van der Waals surface area (Å²) in [6.07, 6.45) is 6.56. The zero-order valence-electron chi connectivity index (χ0n) is 17.3. The molecule has 2 saturated heterocycles. The Morgan fingerprint density at radius 2 is 1.83 bits per heavy atom. The maximum Gasteiger partial charge on any atom is 0.317 e. The van der Waals surface area contributed by atoms with Crippen LogP contribution in [0.1, 0.15) is 31.2 Å². The molecule has 3 rings (SSSR count). The lowest BCUT2D eigenvalue weighted by Gasteiger charge is -2.42. The fourth-order valence-corrected chi connectivity index (χ4v) is 4.38. The van der Waals surface area contributed by atoms with Crippen LogP contribution in [0.2, 0.25) is 0 Å². The third kappa shape index (κ3) is 6.32. The second kappa shape index (κ2) is 11.0. The van der Waals surface area contributed by atoms with E-state index in [0.29, 0.717) is 19.1 Å². The molecule has 1 atom stereocenters. The highest BCUT2D eigenvalue weighted by Crippen LogP contribution is 2.24. The molecule has 2 aliphatic heterocycles. The highest BCUT2D eigenvalue weighted by Gasteiger charge is 2.32. The second-order valence-electron chi connectivity index (χ2n) is 8.05. The number of nitrogens with zero attached hydrogens (tertiary/aromatic N) is 2. The van der Waals surface area contributed by atoms with Crippen LogP contribution in [-0.2, 0) is 11.2 Å². The Bertz CT molecular complexity index is 671. The first-order valence-electron chi connectivity index (χ1n) is 10.9. The van der Waals surface area contributed by atoms with Crippen molar-refractivity contribution in [2.24, 2.45) is 5.92 Å². The van der Waals surface area contributed by atoms with E-state index < -0.39 is 0 Å². The number of likely N-dealkylation sites (tertiary alicyclic amines) is 2. The third-order valence-electron chi connectivity index (χ3n) is 6.05. The van der Waals surface area contributed by atoms with E-state index in [-0.39, 0.29) is 17.9 Å². The SMILES string of the molecule is C=CCNC(=O)N1CCC(N2CCC[C@@H](C(=O)NCCc3ccccc3)C2)CC1. The van der Waals surface area contributed by atoms with Crippen LogP contribution in [0, 0.1) is 5.92 Å². The van der Waals surface area contributed by atoms with Gasteiger partial charge in [-0.25, -0.2) is 4.79 Å². The summed E-state index contributed by atoms with van der Waals surface area (Å²) in [7, 11) is 0. The van der Waals surface area contributed by atoms with Crippen molar-refractivity contribution in [1.29, 1.82) is 0 Å². The van der Waals surface area contributed by atoms with E-state index in [0.717, 1.165) is 58.3 Å². The monoisotopic (exact) mass is 398 g/mol.